The van der Waals surface area contributed by atoms with E-state index in [1.165, 1.54) is 0 Å². The molecule has 5 heteroatoms. The molecule has 0 aliphatic rings. The molecule has 0 radical (unpaired) electrons. The Bertz CT molecular complexity index is 757. The first-order valence-electron chi connectivity index (χ1n) is 8.82. The molecule has 0 saturated carbocycles. The first kappa shape index (κ1) is 19.4. The van der Waals surface area contributed by atoms with Crippen LogP contribution in [0.4, 0.5) is 11.4 Å². The van der Waals surface area contributed by atoms with E-state index < -0.39 is 0 Å². The van der Waals surface area contributed by atoms with Gasteiger partial charge < -0.3 is 10.6 Å². The minimum atomic E-state index is -0.206. The Balaban J connectivity index is 1.86. The van der Waals surface area contributed by atoms with Crippen LogP contribution < -0.4 is 10.6 Å². The smallest absolute Gasteiger partial charge is 0.228 e. The highest BCUT2D eigenvalue weighted by atomic mass is 16.2. The van der Waals surface area contributed by atoms with E-state index in [1.807, 2.05) is 37.3 Å². The monoisotopic (exact) mass is 352 g/mol. The van der Waals surface area contributed by atoms with Crippen molar-refractivity contribution in [2.24, 2.45) is 0 Å². The van der Waals surface area contributed by atoms with Crippen LogP contribution in [0.3, 0.4) is 0 Å². The van der Waals surface area contributed by atoms with Crippen molar-refractivity contribution in [2.75, 3.05) is 10.6 Å². The molecular formula is C21H24N2O3. The van der Waals surface area contributed by atoms with E-state index in [0.717, 1.165) is 12.0 Å². The molecule has 2 rings (SSSR count). The summed E-state index contributed by atoms with van der Waals surface area (Å²) in [5, 5.41) is 5.59. The van der Waals surface area contributed by atoms with Crippen molar-refractivity contribution in [3.8, 4) is 0 Å². The molecule has 0 aliphatic heterocycles. The predicted octanol–water partition coefficient (Wildman–Crippen LogP) is 3.96. The minimum absolute atomic E-state index is 0.101. The molecule has 0 aromatic heterocycles. The van der Waals surface area contributed by atoms with Gasteiger partial charge in [-0.3, -0.25) is 14.4 Å². The van der Waals surface area contributed by atoms with Gasteiger partial charge in [0.25, 0.3) is 0 Å². The number of hydrogen-bond acceptors (Lipinski definition) is 3. The standard InChI is InChI=1S/C21H24N2O3/c1-2-7-19(24)12-13-20(25)22-17-10-6-11-18(15-17)23-21(26)14-16-8-4-3-5-9-16/h3-6,8-11,15H,2,7,12-14H2,1H3,(H,22,25)(H,23,26). The third-order valence-electron chi connectivity index (χ3n) is 3.80. The first-order valence-corrected chi connectivity index (χ1v) is 8.82. The van der Waals surface area contributed by atoms with Crippen molar-refractivity contribution in [1.29, 1.82) is 0 Å². The lowest BCUT2D eigenvalue weighted by Crippen LogP contribution is -2.15. The molecule has 5 nitrogen and oxygen atoms in total. The molecule has 2 N–H and O–H groups in total. The number of benzene rings is 2. The lowest BCUT2D eigenvalue weighted by molar-refractivity contribution is -0.123. The van der Waals surface area contributed by atoms with Crippen LogP contribution in [0, 0.1) is 0 Å². The molecule has 2 amide bonds. The maximum Gasteiger partial charge on any atom is 0.228 e. The molecule has 0 unspecified atom stereocenters. The number of Topliss-reactive ketones (excluding diaryl/α,β-unsaturated/α-hetero) is 1. The van der Waals surface area contributed by atoms with Gasteiger partial charge in [-0.2, -0.15) is 0 Å². The molecule has 0 heterocycles. The summed E-state index contributed by atoms with van der Waals surface area (Å²) in [6.45, 7) is 1.94. The Morgan fingerprint density at radius 1 is 0.769 bits per heavy atom. The van der Waals surface area contributed by atoms with E-state index in [4.69, 9.17) is 0 Å². The van der Waals surface area contributed by atoms with Gasteiger partial charge in [0.15, 0.2) is 0 Å². The fourth-order valence-electron chi connectivity index (χ4n) is 2.54. The van der Waals surface area contributed by atoms with Crippen LogP contribution in [0.15, 0.2) is 54.6 Å². The quantitative estimate of drug-likeness (QED) is 0.717. The third-order valence-corrected chi connectivity index (χ3v) is 3.80. The van der Waals surface area contributed by atoms with Gasteiger partial charge in [-0.05, 0) is 30.2 Å². The zero-order valence-electron chi connectivity index (χ0n) is 15.0. The fourth-order valence-corrected chi connectivity index (χ4v) is 2.54. The molecule has 0 atom stereocenters. The van der Waals surface area contributed by atoms with E-state index in [1.54, 1.807) is 24.3 Å². The molecule has 0 aliphatic carbocycles. The topological polar surface area (TPSA) is 75.3 Å². The van der Waals surface area contributed by atoms with Gasteiger partial charge in [-0.25, -0.2) is 0 Å². The average Bonchev–Trinajstić information content (AvgIpc) is 2.61. The number of carbonyl (C=O) groups excluding carboxylic acids is 3. The van der Waals surface area contributed by atoms with Crippen molar-refractivity contribution in [3.05, 3.63) is 60.2 Å². The van der Waals surface area contributed by atoms with Gasteiger partial charge >= 0.3 is 0 Å². The summed E-state index contributed by atoms with van der Waals surface area (Å²) < 4.78 is 0. The van der Waals surface area contributed by atoms with Crippen LogP contribution in [0.25, 0.3) is 0 Å². The number of anilines is 2. The van der Waals surface area contributed by atoms with Gasteiger partial charge in [0, 0.05) is 30.6 Å². The second-order valence-corrected chi connectivity index (χ2v) is 6.13. The summed E-state index contributed by atoms with van der Waals surface area (Å²) >= 11 is 0. The van der Waals surface area contributed by atoms with Crippen LogP contribution in [0.1, 0.15) is 38.2 Å². The molecule has 136 valence electrons. The Kier molecular flexibility index (Phi) is 7.55. The Labute approximate surface area is 153 Å². The van der Waals surface area contributed by atoms with Crippen LogP contribution in [-0.4, -0.2) is 17.6 Å². The summed E-state index contributed by atoms with van der Waals surface area (Å²) in [6.07, 6.45) is 2.02. The number of hydrogen-bond donors (Lipinski definition) is 2. The van der Waals surface area contributed by atoms with Crippen LogP contribution >= 0.6 is 0 Å². The number of amides is 2. The summed E-state index contributed by atoms with van der Waals surface area (Å²) in [7, 11) is 0. The van der Waals surface area contributed by atoms with E-state index in [0.29, 0.717) is 17.8 Å². The number of nitrogens with one attached hydrogen (secondary N) is 2. The SMILES string of the molecule is CCCC(=O)CCC(=O)Nc1cccc(NC(=O)Cc2ccccc2)c1. The lowest BCUT2D eigenvalue weighted by atomic mass is 10.1. The highest BCUT2D eigenvalue weighted by Crippen LogP contribution is 2.16. The molecule has 26 heavy (non-hydrogen) atoms. The summed E-state index contributed by atoms with van der Waals surface area (Å²) in [6, 6.07) is 16.5. The molecule has 0 saturated heterocycles. The second kappa shape index (κ2) is 10.1. The number of carbonyl (C=O) groups is 3. The molecule has 0 fully saturated rings. The molecular weight excluding hydrogens is 328 g/mol. The van der Waals surface area contributed by atoms with E-state index >= 15 is 0 Å². The first-order chi connectivity index (χ1) is 12.6. The Hall–Kier alpha value is -2.95. The van der Waals surface area contributed by atoms with Gasteiger partial charge in [0.05, 0.1) is 6.42 Å². The molecule has 2 aromatic carbocycles. The van der Waals surface area contributed by atoms with Crippen molar-refractivity contribution in [3.63, 3.8) is 0 Å². The molecule has 2 aromatic rings. The van der Waals surface area contributed by atoms with Crippen molar-refractivity contribution in [2.45, 2.75) is 39.0 Å². The molecule has 0 bridgehead atoms. The highest BCUT2D eigenvalue weighted by molar-refractivity contribution is 5.96. The van der Waals surface area contributed by atoms with Gasteiger partial charge in [-0.1, -0.05) is 43.3 Å². The number of ketones is 1. The van der Waals surface area contributed by atoms with E-state index in [2.05, 4.69) is 10.6 Å². The Morgan fingerprint density at radius 3 is 2.08 bits per heavy atom. The summed E-state index contributed by atoms with van der Waals surface area (Å²) in [5.41, 5.74) is 2.15. The van der Waals surface area contributed by atoms with Crippen molar-refractivity contribution in [1.82, 2.24) is 0 Å². The van der Waals surface area contributed by atoms with Crippen LogP contribution in [-0.2, 0) is 20.8 Å². The maximum atomic E-state index is 12.1. The molecule has 0 spiro atoms. The zero-order valence-corrected chi connectivity index (χ0v) is 15.0. The van der Waals surface area contributed by atoms with Crippen molar-refractivity contribution >= 4 is 29.0 Å². The number of rotatable bonds is 9. The largest absolute Gasteiger partial charge is 0.326 e. The second-order valence-electron chi connectivity index (χ2n) is 6.13. The fraction of sp³-hybridized carbons (Fsp3) is 0.286. The minimum Gasteiger partial charge on any atom is -0.326 e. The summed E-state index contributed by atoms with van der Waals surface area (Å²) in [5.74, 6) is -0.225. The van der Waals surface area contributed by atoms with Crippen LogP contribution in [0.5, 0.6) is 0 Å². The van der Waals surface area contributed by atoms with Crippen molar-refractivity contribution < 1.29 is 14.4 Å². The Morgan fingerprint density at radius 2 is 1.42 bits per heavy atom. The lowest BCUT2D eigenvalue weighted by Gasteiger charge is -2.09. The normalized spacial score (nSPS) is 10.2. The van der Waals surface area contributed by atoms with Gasteiger partial charge in [-0.15, -0.1) is 0 Å². The highest BCUT2D eigenvalue weighted by Gasteiger charge is 2.08. The van der Waals surface area contributed by atoms with E-state index in [-0.39, 0.29) is 36.9 Å². The average molecular weight is 352 g/mol. The summed E-state index contributed by atoms with van der Waals surface area (Å²) in [4.78, 5) is 35.6. The van der Waals surface area contributed by atoms with Gasteiger partial charge in [0.1, 0.15) is 5.78 Å². The predicted molar refractivity (Wildman–Crippen MR) is 103 cm³/mol. The maximum absolute atomic E-state index is 12.1. The third kappa shape index (κ3) is 6.89. The van der Waals surface area contributed by atoms with Gasteiger partial charge in [0.2, 0.25) is 11.8 Å². The zero-order chi connectivity index (χ0) is 18.8. The van der Waals surface area contributed by atoms with Crippen LogP contribution in [0.2, 0.25) is 0 Å². The van der Waals surface area contributed by atoms with E-state index in [9.17, 15) is 14.4 Å².